The van der Waals surface area contributed by atoms with E-state index in [1.54, 1.807) is 5.38 Å². The molecular weight excluding hydrogens is 296 g/mol. The monoisotopic (exact) mass is 304 g/mol. The number of ether oxygens (including phenoxy) is 1. The Balaban J connectivity index is 2.31. The smallest absolute Gasteiger partial charge is 0.359 e. The Morgan fingerprint density at radius 1 is 1.50 bits per heavy atom. The molecule has 0 spiro atoms. The lowest BCUT2D eigenvalue weighted by Crippen LogP contribution is -2.14. The van der Waals surface area contributed by atoms with Crippen LogP contribution in [0.4, 0.5) is 5.00 Å². The van der Waals surface area contributed by atoms with Crippen LogP contribution in [0.5, 0.6) is 0 Å². The summed E-state index contributed by atoms with van der Waals surface area (Å²) in [6, 6.07) is 1.48. The summed E-state index contributed by atoms with van der Waals surface area (Å²) in [5.74, 6) is -0.681. The molecule has 2 aromatic rings. The predicted octanol–water partition coefficient (Wildman–Crippen LogP) is 1.79. The molecule has 0 amide bonds. The van der Waals surface area contributed by atoms with E-state index < -0.39 is 16.0 Å². The van der Waals surface area contributed by atoms with Gasteiger partial charge >= 0.3 is 5.97 Å². The van der Waals surface area contributed by atoms with Gasteiger partial charge in [-0.25, -0.2) is 18.2 Å². The van der Waals surface area contributed by atoms with E-state index in [1.165, 1.54) is 35.4 Å². The van der Waals surface area contributed by atoms with Crippen LogP contribution in [-0.4, -0.2) is 26.5 Å². The summed E-state index contributed by atoms with van der Waals surface area (Å²) in [6.45, 7) is 0. The Bertz CT molecular complexity index is 645. The first-order chi connectivity index (χ1) is 8.54. The van der Waals surface area contributed by atoms with Gasteiger partial charge in [0.2, 0.25) is 0 Å². The van der Waals surface area contributed by atoms with Crippen molar-refractivity contribution in [3.63, 3.8) is 0 Å². The molecule has 1 N–H and O–H groups in total. The van der Waals surface area contributed by atoms with E-state index in [0.717, 1.165) is 11.3 Å². The van der Waals surface area contributed by atoms with Crippen LogP contribution in [0.1, 0.15) is 10.5 Å². The van der Waals surface area contributed by atoms with Crippen LogP contribution in [-0.2, 0) is 14.8 Å². The number of hydrogen-bond donors (Lipinski definition) is 1. The second-order valence-corrected chi connectivity index (χ2v) is 6.40. The van der Waals surface area contributed by atoms with E-state index in [1.807, 2.05) is 0 Å². The van der Waals surface area contributed by atoms with Crippen molar-refractivity contribution in [1.29, 1.82) is 0 Å². The lowest BCUT2D eigenvalue weighted by atomic mass is 10.5. The molecule has 18 heavy (non-hydrogen) atoms. The first kappa shape index (κ1) is 13.0. The van der Waals surface area contributed by atoms with Crippen LogP contribution in [0.2, 0.25) is 0 Å². The molecule has 0 aliphatic carbocycles. The number of esters is 1. The number of nitrogens with one attached hydrogen (secondary N) is 1. The number of aromatic nitrogens is 1. The van der Waals surface area contributed by atoms with Gasteiger partial charge in [-0.1, -0.05) is 0 Å². The Morgan fingerprint density at radius 2 is 2.28 bits per heavy atom. The van der Waals surface area contributed by atoms with Gasteiger partial charge in [0.15, 0.2) is 5.69 Å². The van der Waals surface area contributed by atoms with Gasteiger partial charge in [0.25, 0.3) is 10.0 Å². The number of thiazole rings is 1. The fourth-order valence-corrected chi connectivity index (χ4v) is 4.16. The van der Waals surface area contributed by atoms with Crippen molar-refractivity contribution in [3.8, 4) is 0 Å². The summed E-state index contributed by atoms with van der Waals surface area (Å²) >= 11 is 2.29. The molecule has 0 fully saturated rings. The van der Waals surface area contributed by atoms with Gasteiger partial charge in [-0.15, -0.1) is 11.3 Å². The van der Waals surface area contributed by atoms with Gasteiger partial charge < -0.3 is 4.74 Å². The average molecular weight is 304 g/mol. The lowest BCUT2D eigenvalue weighted by molar-refractivity contribution is 0.0596. The lowest BCUT2D eigenvalue weighted by Gasteiger charge is -2.05. The quantitative estimate of drug-likeness (QED) is 0.870. The zero-order valence-electron chi connectivity index (χ0n) is 9.11. The van der Waals surface area contributed by atoms with E-state index in [0.29, 0.717) is 0 Å². The number of thiophene rings is 1. The molecule has 96 valence electrons. The minimum absolute atomic E-state index is 0.0405. The molecule has 0 radical (unpaired) electrons. The number of methoxy groups -OCH3 is 1. The molecule has 0 saturated carbocycles. The van der Waals surface area contributed by atoms with Crippen molar-refractivity contribution >= 4 is 43.7 Å². The van der Waals surface area contributed by atoms with Crippen molar-refractivity contribution < 1.29 is 17.9 Å². The summed E-state index contributed by atoms with van der Waals surface area (Å²) in [5, 5.41) is 3.30. The zero-order valence-corrected chi connectivity index (χ0v) is 11.6. The van der Waals surface area contributed by atoms with Crippen LogP contribution >= 0.6 is 22.7 Å². The molecular formula is C9H8N2O4S3. The number of hydrogen-bond acceptors (Lipinski definition) is 7. The van der Waals surface area contributed by atoms with Crippen LogP contribution < -0.4 is 4.72 Å². The molecule has 0 unspecified atom stereocenters. The largest absolute Gasteiger partial charge is 0.464 e. The van der Waals surface area contributed by atoms with Gasteiger partial charge in [0.1, 0.15) is 5.00 Å². The molecule has 6 nitrogen and oxygen atoms in total. The Labute approximate surface area is 111 Å². The maximum atomic E-state index is 11.9. The number of carbonyl (C=O) groups excluding carboxylic acids is 1. The van der Waals surface area contributed by atoms with Gasteiger partial charge in [-0.3, -0.25) is 4.72 Å². The number of carbonyl (C=O) groups is 1. The minimum Gasteiger partial charge on any atom is -0.464 e. The zero-order chi connectivity index (χ0) is 13.2. The Hall–Kier alpha value is -1.45. The summed E-state index contributed by atoms with van der Waals surface area (Å²) in [5.41, 5.74) is 1.33. The normalized spacial score (nSPS) is 11.2. The highest BCUT2D eigenvalue weighted by molar-refractivity contribution is 7.93. The summed E-state index contributed by atoms with van der Waals surface area (Å²) < 4.78 is 30.7. The minimum atomic E-state index is -3.68. The van der Waals surface area contributed by atoms with E-state index in [2.05, 4.69) is 14.4 Å². The molecule has 9 heteroatoms. The number of nitrogens with zero attached hydrogens (tertiary/aromatic N) is 1. The van der Waals surface area contributed by atoms with Gasteiger partial charge in [0.05, 0.1) is 17.5 Å². The third kappa shape index (κ3) is 2.52. The van der Waals surface area contributed by atoms with Crippen molar-refractivity contribution in [2.24, 2.45) is 0 Å². The summed E-state index contributed by atoms with van der Waals surface area (Å²) in [6.07, 6.45) is 0. The van der Waals surface area contributed by atoms with Crippen molar-refractivity contribution in [1.82, 2.24) is 4.98 Å². The topological polar surface area (TPSA) is 85.4 Å². The third-order valence-corrected chi connectivity index (χ3v) is 5.03. The van der Waals surface area contributed by atoms with E-state index >= 15 is 0 Å². The highest BCUT2D eigenvalue weighted by Crippen LogP contribution is 2.25. The predicted molar refractivity (Wildman–Crippen MR) is 68.6 cm³/mol. The second-order valence-electron chi connectivity index (χ2n) is 3.09. The molecule has 0 aliphatic heterocycles. The fraction of sp³-hybridized carbons (Fsp3) is 0.111. The van der Waals surface area contributed by atoms with Crippen LogP contribution in [0, 0.1) is 0 Å². The fourth-order valence-electron chi connectivity index (χ4n) is 1.15. The first-order valence-corrected chi connectivity index (χ1v) is 7.92. The van der Waals surface area contributed by atoms with Crippen LogP contribution in [0.25, 0.3) is 0 Å². The number of rotatable bonds is 4. The standard InChI is InChI=1S/C9H8N2O4S3/c1-15-9(12)7-8(17-5-10-7)11-18(13,14)6-2-3-16-4-6/h2-5,11H,1H3. The second kappa shape index (κ2) is 5.04. The number of sulfonamides is 1. The highest BCUT2D eigenvalue weighted by atomic mass is 32.2. The molecule has 2 aromatic heterocycles. The van der Waals surface area contributed by atoms with Crippen molar-refractivity contribution in [2.45, 2.75) is 4.90 Å². The maximum absolute atomic E-state index is 11.9. The van der Waals surface area contributed by atoms with Crippen LogP contribution in [0.3, 0.4) is 0 Å². The first-order valence-electron chi connectivity index (χ1n) is 4.61. The summed E-state index contributed by atoms with van der Waals surface area (Å²) in [7, 11) is -2.47. The molecule has 2 rings (SSSR count). The van der Waals surface area contributed by atoms with Gasteiger partial charge in [-0.05, 0) is 11.4 Å². The highest BCUT2D eigenvalue weighted by Gasteiger charge is 2.21. The van der Waals surface area contributed by atoms with E-state index in [-0.39, 0.29) is 15.6 Å². The molecule has 0 aliphatic rings. The van der Waals surface area contributed by atoms with Crippen molar-refractivity contribution in [2.75, 3.05) is 11.8 Å². The van der Waals surface area contributed by atoms with Crippen molar-refractivity contribution in [3.05, 3.63) is 28.0 Å². The van der Waals surface area contributed by atoms with Crippen LogP contribution in [0.15, 0.2) is 27.2 Å². The SMILES string of the molecule is COC(=O)c1ncsc1NS(=O)(=O)c1ccsc1. The van der Waals surface area contributed by atoms with Gasteiger partial charge in [-0.2, -0.15) is 11.3 Å². The molecule has 0 aromatic carbocycles. The Morgan fingerprint density at radius 3 is 2.89 bits per heavy atom. The molecule has 0 saturated heterocycles. The number of anilines is 1. The maximum Gasteiger partial charge on any atom is 0.359 e. The molecule has 0 atom stereocenters. The van der Waals surface area contributed by atoms with E-state index in [9.17, 15) is 13.2 Å². The Kier molecular flexibility index (Phi) is 3.64. The van der Waals surface area contributed by atoms with E-state index in [4.69, 9.17) is 0 Å². The molecule has 2 heterocycles. The van der Waals surface area contributed by atoms with Gasteiger partial charge in [0, 0.05) is 5.38 Å². The summed E-state index contributed by atoms with van der Waals surface area (Å²) in [4.78, 5) is 15.3. The third-order valence-electron chi connectivity index (χ3n) is 1.98. The average Bonchev–Trinajstić information content (AvgIpc) is 2.97. The molecule has 0 bridgehead atoms.